The molecular weight excluding hydrogens is 278 g/mol. The first-order valence-corrected chi connectivity index (χ1v) is 8.38. The summed E-state index contributed by atoms with van der Waals surface area (Å²) in [5, 5.41) is 0. The van der Waals surface area contributed by atoms with Crippen molar-refractivity contribution in [3.8, 4) is 0 Å². The van der Waals surface area contributed by atoms with E-state index in [0.717, 1.165) is 38.6 Å². The van der Waals surface area contributed by atoms with Gasteiger partial charge in [0.25, 0.3) is 0 Å². The highest BCUT2D eigenvalue weighted by molar-refractivity contribution is 5.79. The first kappa shape index (κ1) is 14.2. The second kappa shape index (κ2) is 5.36. The third-order valence-electron chi connectivity index (χ3n) is 5.55. The van der Waals surface area contributed by atoms with Gasteiger partial charge in [-0.25, -0.2) is 0 Å². The predicted octanol–water partition coefficient (Wildman–Crippen LogP) is 2.82. The van der Waals surface area contributed by atoms with E-state index in [4.69, 9.17) is 9.47 Å². The van der Waals surface area contributed by atoms with Crippen molar-refractivity contribution in [3.63, 3.8) is 0 Å². The van der Waals surface area contributed by atoms with Gasteiger partial charge in [0.1, 0.15) is 0 Å². The molecule has 2 heterocycles. The van der Waals surface area contributed by atoms with E-state index in [-0.39, 0.29) is 11.3 Å². The lowest BCUT2D eigenvalue weighted by Gasteiger charge is -2.49. The van der Waals surface area contributed by atoms with Gasteiger partial charge in [-0.2, -0.15) is 0 Å². The SMILES string of the molecule is O=C1CCCN1C1(c2ccccc2)CCC2(CC1)OCCO2. The van der Waals surface area contributed by atoms with E-state index in [9.17, 15) is 4.79 Å². The molecule has 4 rings (SSSR count). The van der Waals surface area contributed by atoms with Crippen molar-refractivity contribution in [2.24, 2.45) is 0 Å². The summed E-state index contributed by atoms with van der Waals surface area (Å²) in [5.41, 5.74) is 1.09. The number of nitrogens with zero attached hydrogens (tertiary/aromatic N) is 1. The van der Waals surface area contributed by atoms with E-state index in [0.29, 0.717) is 25.5 Å². The highest BCUT2D eigenvalue weighted by Crippen LogP contribution is 2.49. The number of carbonyl (C=O) groups is 1. The van der Waals surface area contributed by atoms with E-state index in [1.807, 2.05) is 6.07 Å². The Morgan fingerprint density at radius 1 is 0.955 bits per heavy atom. The highest BCUT2D eigenvalue weighted by atomic mass is 16.7. The molecular formula is C18H23NO3. The first-order valence-electron chi connectivity index (χ1n) is 8.38. The molecule has 0 bridgehead atoms. The molecule has 4 nitrogen and oxygen atoms in total. The molecule has 2 saturated heterocycles. The number of hydrogen-bond donors (Lipinski definition) is 0. The van der Waals surface area contributed by atoms with Crippen molar-refractivity contribution in [1.29, 1.82) is 0 Å². The van der Waals surface area contributed by atoms with Crippen molar-refractivity contribution < 1.29 is 14.3 Å². The Balaban J connectivity index is 1.67. The fourth-order valence-electron chi connectivity index (χ4n) is 4.39. The van der Waals surface area contributed by atoms with Gasteiger partial charge in [-0.05, 0) is 24.8 Å². The summed E-state index contributed by atoms with van der Waals surface area (Å²) in [4.78, 5) is 14.6. The molecule has 1 spiro atoms. The Labute approximate surface area is 131 Å². The summed E-state index contributed by atoms with van der Waals surface area (Å²) in [6.07, 6.45) is 5.24. The zero-order chi connectivity index (χ0) is 15.0. The lowest BCUT2D eigenvalue weighted by atomic mass is 9.73. The Hall–Kier alpha value is -1.39. The van der Waals surface area contributed by atoms with Crippen LogP contribution >= 0.6 is 0 Å². The zero-order valence-electron chi connectivity index (χ0n) is 12.9. The Morgan fingerprint density at radius 3 is 2.23 bits per heavy atom. The summed E-state index contributed by atoms with van der Waals surface area (Å²) in [7, 11) is 0. The molecule has 0 aromatic heterocycles. The number of rotatable bonds is 2. The van der Waals surface area contributed by atoms with Crippen LogP contribution in [0.3, 0.4) is 0 Å². The normalized spacial score (nSPS) is 26.7. The molecule has 0 N–H and O–H groups in total. The molecule has 1 saturated carbocycles. The molecule has 2 aliphatic heterocycles. The molecule has 1 aromatic rings. The van der Waals surface area contributed by atoms with Gasteiger partial charge in [0.05, 0.1) is 18.8 Å². The van der Waals surface area contributed by atoms with Crippen molar-refractivity contribution in [2.75, 3.05) is 19.8 Å². The number of hydrogen-bond acceptors (Lipinski definition) is 3. The van der Waals surface area contributed by atoms with Crippen LogP contribution < -0.4 is 0 Å². The van der Waals surface area contributed by atoms with Crippen LogP contribution in [0.4, 0.5) is 0 Å². The van der Waals surface area contributed by atoms with Crippen LogP contribution in [0.5, 0.6) is 0 Å². The molecule has 22 heavy (non-hydrogen) atoms. The standard InChI is InChI=1S/C18H23NO3/c20-16-7-4-12-19(16)17(15-5-2-1-3-6-15)8-10-18(11-9-17)21-13-14-22-18/h1-3,5-6H,4,7-14H2. The summed E-state index contributed by atoms with van der Waals surface area (Å²) < 4.78 is 11.7. The zero-order valence-corrected chi connectivity index (χ0v) is 12.9. The van der Waals surface area contributed by atoms with Crippen LogP contribution in [0.15, 0.2) is 30.3 Å². The summed E-state index contributed by atoms with van der Waals surface area (Å²) >= 11 is 0. The molecule has 1 aromatic carbocycles. The lowest BCUT2D eigenvalue weighted by Crippen LogP contribution is -2.52. The van der Waals surface area contributed by atoms with Crippen LogP contribution in [0, 0.1) is 0 Å². The molecule has 0 radical (unpaired) electrons. The maximum atomic E-state index is 12.4. The van der Waals surface area contributed by atoms with Gasteiger partial charge in [0, 0.05) is 25.8 Å². The maximum Gasteiger partial charge on any atom is 0.223 e. The van der Waals surface area contributed by atoms with E-state index in [2.05, 4.69) is 29.2 Å². The Bertz CT molecular complexity index is 541. The van der Waals surface area contributed by atoms with Crippen LogP contribution in [-0.4, -0.2) is 36.4 Å². The maximum absolute atomic E-state index is 12.4. The summed E-state index contributed by atoms with van der Waals surface area (Å²) in [5.74, 6) is -0.0887. The van der Waals surface area contributed by atoms with Gasteiger partial charge in [0.15, 0.2) is 5.79 Å². The Kier molecular flexibility index (Phi) is 3.46. The average molecular weight is 301 g/mol. The molecule has 0 unspecified atom stereocenters. The van der Waals surface area contributed by atoms with Gasteiger partial charge >= 0.3 is 0 Å². The monoisotopic (exact) mass is 301 g/mol. The van der Waals surface area contributed by atoms with Crippen LogP contribution in [0.25, 0.3) is 0 Å². The average Bonchev–Trinajstić information content (AvgIpc) is 3.20. The fourth-order valence-corrected chi connectivity index (χ4v) is 4.39. The van der Waals surface area contributed by atoms with Crippen LogP contribution in [0.2, 0.25) is 0 Å². The van der Waals surface area contributed by atoms with Crippen LogP contribution in [-0.2, 0) is 19.8 Å². The number of benzene rings is 1. The Morgan fingerprint density at radius 2 is 1.64 bits per heavy atom. The molecule has 0 atom stereocenters. The quantitative estimate of drug-likeness (QED) is 0.843. The van der Waals surface area contributed by atoms with Crippen molar-refractivity contribution in [2.45, 2.75) is 49.9 Å². The number of carbonyl (C=O) groups excluding carboxylic acids is 1. The van der Waals surface area contributed by atoms with Gasteiger partial charge in [0.2, 0.25) is 5.91 Å². The lowest BCUT2D eigenvalue weighted by molar-refractivity contribution is -0.196. The van der Waals surface area contributed by atoms with Gasteiger partial charge < -0.3 is 14.4 Å². The van der Waals surface area contributed by atoms with E-state index in [1.54, 1.807) is 0 Å². The number of amides is 1. The third kappa shape index (κ3) is 2.17. The fraction of sp³-hybridized carbons (Fsp3) is 0.611. The smallest absolute Gasteiger partial charge is 0.223 e. The molecule has 1 aliphatic carbocycles. The molecule has 118 valence electrons. The van der Waals surface area contributed by atoms with Gasteiger partial charge in [-0.3, -0.25) is 4.79 Å². The van der Waals surface area contributed by atoms with Gasteiger partial charge in [-0.15, -0.1) is 0 Å². The molecule has 3 aliphatic rings. The van der Waals surface area contributed by atoms with E-state index < -0.39 is 0 Å². The van der Waals surface area contributed by atoms with Crippen molar-refractivity contribution in [3.05, 3.63) is 35.9 Å². The molecule has 1 amide bonds. The highest BCUT2D eigenvalue weighted by Gasteiger charge is 2.51. The van der Waals surface area contributed by atoms with E-state index in [1.165, 1.54) is 5.56 Å². The van der Waals surface area contributed by atoms with Crippen molar-refractivity contribution in [1.82, 2.24) is 4.90 Å². The minimum absolute atomic E-state index is 0.171. The summed E-state index contributed by atoms with van der Waals surface area (Å²) in [6, 6.07) is 10.5. The number of ether oxygens (including phenoxy) is 2. The second-order valence-corrected chi connectivity index (χ2v) is 6.65. The first-order chi connectivity index (χ1) is 10.7. The van der Waals surface area contributed by atoms with E-state index >= 15 is 0 Å². The largest absolute Gasteiger partial charge is 0.348 e. The molecule has 3 fully saturated rings. The molecule has 4 heteroatoms. The van der Waals surface area contributed by atoms with Crippen LogP contribution in [0.1, 0.15) is 44.1 Å². The van der Waals surface area contributed by atoms with Crippen molar-refractivity contribution >= 4 is 5.91 Å². The van der Waals surface area contributed by atoms with Gasteiger partial charge in [-0.1, -0.05) is 30.3 Å². The third-order valence-corrected chi connectivity index (χ3v) is 5.55. The predicted molar refractivity (Wildman–Crippen MR) is 82.2 cm³/mol. The second-order valence-electron chi connectivity index (χ2n) is 6.65. The topological polar surface area (TPSA) is 38.8 Å². The number of likely N-dealkylation sites (tertiary alicyclic amines) is 1. The minimum Gasteiger partial charge on any atom is -0.348 e. The minimum atomic E-state index is -0.388. The summed E-state index contributed by atoms with van der Waals surface area (Å²) in [6.45, 7) is 2.27.